The summed E-state index contributed by atoms with van der Waals surface area (Å²) in [6, 6.07) is 8.29. The number of aryl methyl sites for hydroxylation is 2. The molecule has 146 valence electrons. The molecule has 3 saturated heterocycles. The van der Waals surface area contributed by atoms with Crippen LogP contribution < -0.4 is 5.32 Å². The van der Waals surface area contributed by atoms with E-state index in [-0.39, 0.29) is 24.2 Å². The second-order valence-electron chi connectivity index (χ2n) is 8.38. The Labute approximate surface area is 159 Å². The lowest BCUT2D eigenvalue weighted by Gasteiger charge is -2.29. The van der Waals surface area contributed by atoms with Gasteiger partial charge in [-0.3, -0.25) is 14.5 Å². The number of carbonyl (C=O) groups is 2. The van der Waals surface area contributed by atoms with Gasteiger partial charge < -0.3 is 15.2 Å². The van der Waals surface area contributed by atoms with Gasteiger partial charge in [-0.25, -0.2) is 0 Å². The summed E-state index contributed by atoms with van der Waals surface area (Å²) in [6.07, 6.45) is 3.47. The van der Waals surface area contributed by atoms with Crippen molar-refractivity contribution >= 4 is 11.9 Å². The van der Waals surface area contributed by atoms with E-state index in [1.165, 1.54) is 11.1 Å². The van der Waals surface area contributed by atoms with Crippen molar-refractivity contribution in [2.45, 2.75) is 44.3 Å². The zero-order valence-corrected chi connectivity index (χ0v) is 15.8. The molecule has 3 heterocycles. The van der Waals surface area contributed by atoms with Crippen LogP contribution in [-0.2, 0) is 20.7 Å². The first kappa shape index (κ1) is 18.4. The van der Waals surface area contributed by atoms with Crippen LogP contribution in [0.2, 0.25) is 0 Å². The van der Waals surface area contributed by atoms with E-state index in [9.17, 15) is 9.59 Å². The number of fused-ring (bicyclic) bond motifs is 1. The molecule has 0 aromatic heterocycles. The summed E-state index contributed by atoms with van der Waals surface area (Å²) in [4.78, 5) is 25.3. The predicted octanol–water partition coefficient (Wildman–Crippen LogP) is 1.61. The Morgan fingerprint density at radius 2 is 2.11 bits per heavy atom. The number of likely N-dealkylation sites (tertiary alicyclic amines) is 1. The summed E-state index contributed by atoms with van der Waals surface area (Å²) in [5.41, 5.74) is 2.22. The molecule has 3 fully saturated rings. The van der Waals surface area contributed by atoms with Crippen molar-refractivity contribution < 1.29 is 19.4 Å². The predicted molar refractivity (Wildman–Crippen MR) is 100 cm³/mol. The minimum Gasteiger partial charge on any atom is -0.480 e. The van der Waals surface area contributed by atoms with Gasteiger partial charge in [0.1, 0.15) is 0 Å². The molecule has 27 heavy (non-hydrogen) atoms. The third-order valence-corrected chi connectivity index (χ3v) is 6.51. The molecule has 2 N–H and O–H groups in total. The quantitative estimate of drug-likeness (QED) is 0.760. The molecule has 0 aliphatic carbocycles. The first-order chi connectivity index (χ1) is 12.9. The number of carboxylic acid groups (broad SMARTS) is 1. The number of nitrogens with zero attached hydrogens (tertiary/aromatic N) is 1. The van der Waals surface area contributed by atoms with E-state index >= 15 is 0 Å². The number of hydrogen-bond donors (Lipinski definition) is 2. The molecule has 3 aliphatic rings. The number of amides is 1. The Morgan fingerprint density at radius 1 is 1.33 bits per heavy atom. The number of hydrogen-bond acceptors (Lipinski definition) is 4. The van der Waals surface area contributed by atoms with Gasteiger partial charge in [0.2, 0.25) is 5.91 Å². The van der Waals surface area contributed by atoms with E-state index in [1.807, 2.05) is 4.90 Å². The summed E-state index contributed by atoms with van der Waals surface area (Å²) < 4.78 is 6.30. The molecule has 1 aromatic rings. The molecule has 4 atom stereocenters. The summed E-state index contributed by atoms with van der Waals surface area (Å²) in [7, 11) is 0. The maximum absolute atomic E-state index is 12.3. The average molecular weight is 372 g/mol. The van der Waals surface area contributed by atoms with Crippen molar-refractivity contribution in [2.75, 3.05) is 26.2 Å². The third-order valence-electron chi connectivity index (χ3n) is 6.51. The third kappa shape index (κ3) is 3.73. The van der Waals surface area contributed by atoms with Crippen LogP contribution in [0.5, 0.6) is 0 Å². The van der Waals surface area contributed by atoms with E-state index in [2.05, 4.69) is 36.5 Å². The summed E-state index contributed by atoms with van der Waals surface area (Å²) in [6.45, 7) is 4.22. The second-order valence-corrected chi connectivity index (χ2v) is 8.38. The minimum absolute atomic E-state index is 0.0713. The number of ether oxygens (including phenoxy) is 1. The van der Waals surface area contributed by atoms with Crippen LogP contribution in [0.25, 0.3) is 0 Å². The van der Waals surface area contributed by atoms with Crippen LogP contribution in [0.1, 0.15) is 30.4 Å². The number of nitrogens with one attached hydrogen (secondary N) is 1. The Balaban J connectivity index is 1.29. The monoisotopic (exact) mass is 372 g/mol. The zero-order chi connectivity index (χ0) is 19.0. The van der Waals surface area contributed by atoms with Crippen molar-refractivity contribution in [1.29, 1.82) is 0 Å². The molecule has 6 nitrogen and oxygen atoms in total. The van der Waals surface area contributed by atoms with Gasteiger partial charge >= 0.3 is 5.97 Å². The average Bonchev–Trinajstić information content (AvgIpc) is 3.26. The molecule has 6 heteroatoms. The first-order valence-electron chi connectivity index (χ1n) is 9.89. The first-order valence-corrected chi connectivity index (χ1v) is 9.89. The van der Waals surface area contributed by atoms with E-state index in [1.54, 1.807) is 0 Å². The maximum atomic E-state index is 12.3. The molecule has 0 radical (unpaired) electrons. The topological polar surface area (TPSA) is 78.9 Å². The molecule has 4 rings (SSSR count). The standard InChI is InChI=1S/C21H28N2O4/c1-14-2-4-15(5-3-14)6-7-19(24)22-10-16-17-11-23(12-20(25)26)13-21(17)9-8-18(16)27-21/h2-5,16-18H,6-13H2,1H3,(H,22,24)(H,25,26)/t16-,17+,18+,21+/m0/s1. The molecule has 1 spiro atoms. The molecule has 1 amide bonds. The minimum atomic E-state index is -0.790. The Hall–Kier alpha value is -1.92. The summed E-state index contributed by atoms with van der Waals surface area (Å²) in [5.74, 6) is -0.0939. The number of aliphatic carboxylic acids is 1. The van der Waals surface area contributed by atoms with Crippen molar-refractivity contribution in [3.05, 3.63) is 35.4 Å². The largest absolute Gasteiger partial charge is 0.480 e. The molecule has 0 saturated carbocycles. The highest BCUT2D eigenvalue weighted by atomic mass is 16.5. The number of benzene rings is 1. The molecular weight excluding hydrogens is 344 g/mol. The lowest BCUT2D eigenvalue weighted by Crippen LogP contribution is -2.41. The van der Waals surface area contributed by atoms with Crippen molar-refractivity contribution in [3.8, 4) is 0 Å². The van der Waals surface area contributed by atoms with E-state index in [4.69, 9.17) is 9.84 Å². The van der Waals surface area contributed by atoms with Crippen LogP contribution in [-0.4, -0.2) is 59.8 Å². The van der Waals surface area contributed by atoms with Gasteiger partial charge in [0.15, 0.2) is 0 Å². The normalized spacial score (nSPS) is 31.8. The fourth-order valence-electron chi connectivity index (χ4n) is 5.20. The number of rotatable bonds is 7. The zero-order valence-electron chi connectivity index (χ0n) is 15.8. The molecule has 1 aromatic carbocycles. The van der Waals surface area contributed by atoms with Crippen LogP contribution >= 0.6 is 0 Å². The van der Waals surface area contributed by atoms with Gasteiger partial charge in [0, 0.05) is 37.9 Å². The lowest BCUT2D eigenvalue weighted by atomic mass is 9.73. The maximum Gasteiger partial charge on any atom is 0.317 e. The van der Waals surface area contributed by atoms with Gasteiger partial charge in [-0.1, -0.05) is 29.8 Å². The van der Waals surface area contributed by atoms with Gasteiger partial charge in [-0.2, -0.15) is 0 Å². The Bertz CT molecular complexity index is 719. The van der Waals surface area contributed by atoms with Crippen LogP contribution in [0.15, 0.2) is 24.3 Å². The smallest absolute Gasteiger partial charge is 0.317 e. The SMILES string of the molecule is Cc1ccc(CCC(=O)NC[C@H]2[C@H]3CN(CC(=O)O)C[C@]34CC[C@H]2O4)cc1. The van der Waals surface area contributed by atoms with Crippen molar-refractivity contribution in [1.82, 2.24) is 10.2 Å². The molecule has 3 aliphatic heterocycles. The van der Waals surface area contributed by atoms with Crippen LogP contribution in [0.3, 0.4) is 0 Å². The van der Waals surface area contributed by atoms with E-state index in [0.717, 1.165) is 25.8 Å². The highest BCUT2D eigenvalue weighted by Crippen LogP contribution is 2.54. The highest BCUT2D eigenvalue weighted by Gasteiger charge is 2.62. The van der Waals surface area contributed by atoms with Crippen LogP contribution in [0.4, 0.5) is 0 Å². The summed E-state index contributed by atoms with van der Waals surface area (Å²) >= 11 is 0. The van der Waals surface area contributed by atoms with Crippen molar-refractivity contribution in [2.24, 2.45) is 11.8 Å². The molecule has 0 unspecified atom stereocenters. The fraction of sp³-hybridized carbons (Fsp3) is 0.619. The Morgan fingerprint density at radius 3 is 2.85 bits per heavy atom. The molecule has 2 bridgehead atoms. The van der Waals surface area contributed by atoms with Crippen molar-refractivity contribution in [3.63, 3.8) is 0 Å². The van der Waals surface area contributed by atoms with Gasteiger partial charge in [0.25, 0.3) is 0 Å². The lowest BCUT2D eigenvalue weighted by molar-refractivity contribution is -0.138. The van der Waals surface area contributed by atoms with E-state index in [0.29, 0.717) is 31.3 Å². The second kappa shape index (κ2) is 7.24. The highest BCUT2D eigenvalue weighted by molar-refractivity contribution is 5.76. The van der Waals surface area contributed by atoms with Gasteiger partial charge in [0.05, 0.1) is 18.2 Å². The van der Waals surface area contributed by atoms with Crippen LogP contribution in [0, 0.1) is 18.8 Å². The van der Waals surface area contributed by atoms with Gasteiger partial charge in [-0.15, -0.1) is 0 Å². The van der Waals surface area contributed by atoms with Gasteiger partial charge in [-0.05, 0) is 31.7 Å². The number of carboxylic acids is 1. The molecular formula is C21H28N2O4. The summed E-state index contributed by atoms with van der Waals surface area (Å²) in [5, 5.41) is 12.2. The Kier molecular flexibility index (Phi) is 4.95. The fourth-order valence-corrected chi connectivity index (χ4v) is 5.20. The van der Waals surface area contributed by atoms with E-state index < -0.39 is 5.97 Å². The number of carbonyl (C=O) groups excluding carboxylic acids is 1.